The Labute approximate surface area is 128 Å². The van der Waals surface area contributed by atoms with E-state index in [0.29, 0.717) is 17.0 Å². The highest BCUT2D eigenvalue weighted by Gasteiger charge is 2.30. The standard InChI is InChI=1S/C16H11F3N2O2/c17-16(18,19)11-7-5-10(6-8-11)15(22)20-9-14-21-12-3-1-2-4-13(12)23-14/h1-8H,9H2,(H,20,22). The van der Waals surface area contributed by atoms with Crippen molar-refractivity contribution in [3.05, 3.63) is 65.5 Å². The van der Waals surface area contributed by atoms with Gasteiger partial charge in [0.25, 0.3) is 5.91 Å². The Kier molecular flexibility index (Phi) is 3.77. The van der Waals surface area contributed by atoms with Gasteiger partial charge in [0.2, 0.25) is 5.89 Å². The van der Waals surface area contributed by atoms with E-state index in [1.165, 1.54) is 0 Å². The van der Waals surface area contributed by atoms with E-state index in [1.54, 1.807) is 18.2 Å². The van der Waals surface area contributed by atoms with Crippen molar-refractivity contribution in [1.29, 1.82) is 0 Å². The van der Waals surface area contributed by atoms with Gasteiger partial charge in [-0.05, 0) is 36.4 Å². The van der Waals surface area contributed by atoms with Crippen molar-refractivity contribution >= 4 is 17.0 Å². The van der Waals surface area contributed by atoms with Crippen LogP contribution in [0.4, 0.5) is 13.2 Å². The lowest BCUT2D eigenvalue weighted by atomic mass is 10.1. The lowest BCUT2D eigenvalue weighted by Gasteiger charge is -2.07. The predicted molar refractivity (Wildman–Crippen MR) is 76.6 cm³/mol. The second-order valence-electron chi connectivity index (χ2n) is 4.83. The number of carbonyl (C=O) groups is 1. The van der Waals surface area contributed by atoms with Crippen molar-refractivity contribution in [2.24, 2.45) is 0 Å². The molecule has 3 aromatic rings. The van der Waals surface area contributed by atoms with Gasteiger partial charge in [0, 0.05) is 5.56 Å². The minimum Gasteiger partial charge on any atom is -0.439 e. The van der Waals surface area contributed by atoms with Crippen molar-refractivity contribution in [2.75, 3.05) is 0 Å². The zero-order chi connectivity index (χ0) is 16.4. The molecule has 7 heteroatoms. The third kappa shape index (κ3) is 3.33. The molecule has 3 rings (SSSR count). The third-order valence-corrected chi connectivity index (χ3v) is 3.21. The number of halogens is 3. The zero-order valence-corrected chi connectivity index (χ0v) is 11.7. The highest BCUT2D eigenvalue weighted by Crippen LogP contribution is 2.29. The molecule has 1 aromatic heterocycles. The molecule has 0 radical (unpaired) electrons. The van der Waals surface area contributed by atoms with Crippen molar-refractivity contribution in [3.63, 3.8) is 0 Å². The van der Waals surface area contributed by atoms with E-state index >= 15 is 0 Å². The number of para-hydroxylation sites is 2. The van der Waals surface area contributed by atoms with Crippen LogP contribution in [0.3, 0.4) is 0 Å². The van der Waals surface area contributed by atoms with Gasteiger partial charge >= 0.3 is 6.18 Å². The summed E-state index contributed by atoms with van der Waals surface area (Å²) < 4.78 is 42.9. The Morgan fingerprint density at radius 3 is 2.43 bits per heavy atom. The first-order chi connectivity index (χ1) is 10.9. The maximum absolute atomic E-state index is 12.5. The monoisotopic (exact) mass is 320 g/mol. The second kappa shape index (κ2) is 5.75. The molecule has 0 spiro atoms. The molecule has 1 N–H and O–H groups in total. The van der Waals surface area contributed by atoms with Crippen LogP contribution in [0.2, 0.25) is 0 Å². The molecule has 0 unspecified atom stereocenters. The summed E-state index contributed by atoms with van der Waals surface area (Å²) in [6.45, 7) is 0.0501. The molecule has 2 aromatic carbocycles. The Hall–Kier alpha value is -2.83. The van der Waals surface area contributed by atoms with Crippen molar-refractivity contribution in [3.8, 4) is 0 Å². The predicted octanol–water partition coefficient (Wildman–Crippen LogP) is 3.78. The number of nitrogens with zero attached hydrogens (tertiary/aromatic N) is 1. The van der Waals surface area contributed by atoms with E-state index in [-0.39, 0.29) is 12.1 Å². The fourth-order valence-corrected chi connectivity index (χ4v) is 2.06. The molecule has 0 saturated carbocycles. The number of fused-ring (bicyclic) bond motifs is 1. The van der Waals surface area contributed by atoms with Gasteiger partial charge in [-0.25, -0.2) is 4.98 Å². The SMILES string of the molecule is O=C(NCc1nc2ccccc2o1)c1ccc(C(F)(F)F)cc1. The third-order valence-electron chi connectivity index (χ3n) is 3.21. The molecule has 0 fully saturated rings. The van der Waals surface area contributed by atoms with Crippen LogP contribution >= 0.6 is 0 Å². The van der Waals surface area contributed by atoms with Crippen LogP contribution < -0.4 is 5.32 Å². The fourth-order valence-electron chi connectivity index (χ4n) is 2.06. The topological polar surface area (TPSA) is 55.1 Å². The first kappa shape index (κ1) is 15.1. The number of rotatable bonds is 3. The molecular weight excluding hydrogens is 309 g/mol. The summed E-state index contributed by atoms with van der Waals surface area (Å²) in [6, 6.07) is 11.1. The zero-order valence-electron chi connectivity index (χ0n) is 11.7. The van der Waals surface area contributed by atoms with Gasteiger partial charge in [0.05, 0.1) is 12.1 Å². The quantitative estimate of drug-likeness (QED) is 0.799. The highest BCUT2D eigenvalue weighted by atomic mass is 19.4. The summed E-state index contributed by atoms with van der Waals surface area (Å²) in [5.41, 5.74) is 0.611. The van der Waals surface area contributed by atoms with E-state index in [4.69, 9.17) is 4.42 Å². The first-order valence-corrected chi connectivity index (χ1v) is 6.73. The minimum absolute atomic E-state index is 0.0501. The van der Waals surface area contributed by atoms with Crippen molar-refractivity contribution in [2.45, 2.75) is 12.7 Å². The summed E-state index contributed by atoms with van der Waals surface area (Å²) in [7, 11) is 0. The largest absolute Gasteiger partial charge is 0.439 e. The smallest absolute Gasteiger partial charge is 0.416 e. The average molecular weight is 320 g/mol. The van der Waals surface area contributed by atoms with Gasteiger partial charge in [0.15, 0.2) is 5.58 Å². The molecule has 0 saturated heterocycles. The number of carbonyl (C=O) groups excluding carboxylic acids is 1. The summed E-state index contributed by atoms with van der Waals surface area (Å²) >= 11 is 0. The molecule has 0 bridgehead atoms. The van der Waals surface area contributed by atoms with E-state index in [0.717, 1.165) is 24.3 Å². The number of hydrogen-bond donors (Lipinski definition) is 1. The van der Waals surface area contributed by atoms with E-state index in [1.807, 2.05) is 6.07 Å². The Morgan fingerprint density at radius 2 is 1.78 bits per heavy atom. The van der Waals surface area contributed by atoms with Crippen LogP contribution in [0.25, 0.3) is 11.1 Å². The number of benzene rings is 2. The number of hydrogen-bond acceptors (Lipinski definition) is 3. The summed E-state index contributed by atoms with van der Waals surface area (Å²) in [4.78, 5) is 16.1. The van der Waals surface area contributed by atoms with Crippen molar-refractivity contribution < 1.29 is 22.4 Å². The lowest BCUT2D eigenvalue weighted by Crippen LogP contribution is -2.23. The lowest BCUT2D eigenvalue weighted by molar-refractivity contribution is -0.137. The number of aromatic nitrogens is 1. The number of amides is 1. The Bertz CT molecular complexity index is 805. The number of oxazole rings is 1. The summed E-state index contributed by atoms with van der Waals surface area (Å²) in [5, 5.41) is 2.56. The van der Waals surface area contributed by atoms with Crippen LogP contribution in [0.15, 0.2) is 52.9 Å². The Balaban J connectivity index is 1.67. The van der Waals surface area contributed by atoms with Gasteiger partial charge in [-0.1, -0.05) is 12.1 Å². The normalized spacial score (nSPS) is 11.6. The minimum atomic E-state index is -4.42. The molecule has 23 heavy (non-hydrogen) atoms. The van der Waals surface area contributed by atoms with Gasteiger partial charge < -0.3 is 9.73 Å². The van der Waals surface area contributed by atoms with E-state index in [2.05, 4.69) is 10.3 Å². The van der Waals surface area contributed by atoms with Crippen LogP contribution in [0, 0.1) is 0 Å². The highest BCUT2D eigenvalue weighted by molar-refractivity contribution is 5.94. The summed E-state index contributed by atoms with van der Waals surface area (Å²) in [5.74, 6) is -0.174. The van der Waals surface area contributed by atoms with Gasteiger partial charge in [-0.15, -0.1) is 0 Å². The molecule has 0 atom stereocenters. The second-order valence-corrected chi connectivity index (χ2v) is 4.83. The molecule has 1 amide bonds. The molecule has 0 aliphatic heterocycles. The molecule has 1 heterocycles. The van der Waals surface area contributed by atoms with Crippen LogP contribution in [-0.2, 0) is 12.7 Å². The molecule has 4 nitrogen and oxygen atoms in total. The Morgan fingerprint density at radius 1 is 1.09 bits per heavy atom. The summed E-state index contributed by atoms with van der Waals surface area (Å²) in [6.07, 6.45) is -4.42. The maximum atomic E-state index is 12.5. The first-order valence-electron chi connectivity index (χ1n) is 6.73. The number of nitrogens with one attached hydrogen (secondary N) is 1. The van der Waals surface area contributed by atoms with E-state index in [9.17, 15) is 18.0 Å². The van der Waals surface area contributed by atoms with Crippen LogP contribution in [0.1, 0.15) is 21.8 Å². The van der Waals surface area contributed by atoms with Crippen molar-refractivity contribution in [1.82, 2.24) is 10.3 Å². The van der Waals surface area contributed by atoms with Gasteiger partial charge in [-0.2, -0.15) is 13.2 Å². The molecular formula is C16H11F3N2O2. The maximum Gasteiger partial charge on any atom is 0.416 e. The molecule has 0 aliphatic rings. The number of alkyl halides is 3. The van der Waals surface area contributed by atoms with Gasteiger partial charge in [-0.3, -0.25) is 4.79 Å². The molecule has 0 aliphatic carbocycles. The van der Waals surface area contributed by atoms with Crippen LogP contribution in [0.5, 0.6) is 0 Å². The van der Waals surface area contributed by atoms with Crippen LogP contribution in [-0.4, -0.2) is 10.9 Å². The van der Waals surface area contributed by atoms with E-state index < -0.39 is 17.6 Å². The van der Waals surface area contributed by atoms with Gasteiger partial charge in [0.1, 0.15) is 5.52 Å². The fraction of sp³-hybridized carbons (Fsp3) is 0.125. The molecule has 118 valence electrons. The average Bonchev–Trinajstić information content (AvgIpc) is 2.95.